The van der Waals surface area contributed by atoms with Gasteiger partial charge in [0.05, 0.1) is 11.8 Å². The first-order valence-corrected chi connectivity index (χ1v) is 6.72. The van der Waals surface area contributed by atoms with Crippen molar-refractivity contribution in [1.82, 2.24) is 0 Å². The molecule has 6 nitrogen and oxygen atoms in total. The summed E-state index contributed by atoms with van der Waals surface area (Å²) in [4.78, 5) is 34.2. The number of ether oxygens (including phenoxy) is 2. The van der Waals surface area contributed by atoms with Gasteiger partial charge < -0.3 is 14.6 Å². The average molecular weight is 296 g/mol. The van der Waals surface area contributed by atoms with Crippen LogP contribution in [0.5, 0.6) is 0 Å². The monoisotopic (exact) mass is 296 g/mol. The van der Waals surface area contributed by atoms with E-state index in [-0.39, 0.29) is 18.8 Å². The van der Waals surface area contributed by atoms with Crippen molar-refractivity contribution >= 4 is 17.9 Å². The third kappa shape index (κ3) is 5.06. The quantitative estimate of drug-likeness (QED) is 0.347. The number of carboxylic acids is 1. The van der Waals surface area contributed by atoms with E-state index in [9.17, 15) is 14.4 Å². The molecule has 2 unspecified atom stereocenters. The topological polar surface area (TPSA) is 89.9 Å². The number of hydrogen-bond acceptors (Lipinski definition) is 5. The molecule has 0 aliphatic heterocycles. The standard InChI is InChI=1S/C15H20O6/c1-9(2)14(18)20-6-7-21-15(19)11-5-4-10(3)8-12(11)13(16)17/h8,11-12H,1,4-7H2,2-3H3,(H,16,17). The maximum absolute atomic E-state index is 11.9. The third-order valence-corrected chi connectivity index (χ3v) is 3.24. The Hall–Kier alpha value is -2.11. The zero-order chi connectivity index (χ0) is 16.0. The molecule has 0 spiro atoms. The van der Waals surface area contributed by atoms with Crippen LogP contribution in [-0.4, -0.2) is 36.2 Å². The summed E-state index contributed by atoms with van der Waals surface area (Å²) in [6.07, 6.45) is 2.72. The molecule has 0 amide bonds. The number of carbonyl (C=O) groups is 3. The van der Waals surface area contributed by atoms with Gasteiger partial charge in [0.15, 0.2) is 0 Å². The van der Waals surface area contributed by atoms with Crippen LogP contribution in [0.2, 0.25) is 0 Å². The molecule has 0 aromatic rings. The van der Waals surface area contributed by atoms with Crippen molar-refractivity contribution in [2.75, 3.05) is 13.2 Å². The highest BCUT2D eigenvalue weighted by Crippen LogP contribution is 2.29. The van der Waals surface area contributed by atoms with Gasteiger partial charge in [0.2, 0.25) is 0 Å². The van der Waals surface area contributed by atoms with Gasteiger partial charge in [0.25, 0.3) is 0 Å². The predicted molar refractivity (Wildman–Crippen MR) is 74.3 cm³/mol. The van der Waals surface area contributed by atoms with Crippen LogP contribution in [-0.2, 0) is 23.9 Å². The zero-order valence-electron chi connectivity index (χ0n) is 12.3. The van der Waals surface area contributed by atoms with Crippen LogP contribution in [0.4, 0.5) is 0 Å². The summed E-state index contributed by atoms with van der Waals surface area (Å²) < 4.78 is 9.78. The van der Waals surface area contributed by atoms with Crippen LogP contribution in [0.1, 0.15) is 26.7 Å². The highest BCUT2D eigenvalue weighted by Gasteiger charge is 2.35. The minimum Gasteiger partial charge on any atom is -0.481 e. The maximum Gasteiger partial charge on any atom is 0.333 e. The molecule has 0 bridgehead atoms. The maximum atomic E-state index is 11.9. The summed E-state index contributed by atoms with van der Waals surface area (Å²) in [5.74, 6) is -3.71. The molecular formula is C15H20O6. The van der Waals surface area contributed by atoms with Crippen LogP contribution >= 0.6 is 0 Å². The van der Waals surface area contributed by atoms with E-state index < -0.39 is 29.7 Å². The normalized spacial score (nSPS) is 21.1. The molecule has 0 aromatic heterocycles. The summed E-state index contributed by atoms with van der Waals surface area (Å²) in [6, 6.07) is 0. The summed E-state index contributed by atoms with van der Waals surface area (Å²) >= 11 is 0. The Morgan fingerprint density at radius 3 is 2.52 bits per heavy atom. The van der Waals surface area contributed by atoms with Gasteiger partial charge in [-0.3, -0.25) is 9.59 Å². The Labute approximate surface area is 123 Å². The van der Waals surface area contributed by atoms with Gasteiger partial charge in [-0.15, -0.1) is 0 Å². The van der Waals surface area contributed by atoms with Gasteiger partial charge in [-0.2, -0.15) is 0 Å². The van der Waals surface area contributed by atoms with E-state index in [1.807, 2.05) is 6.92 Å². The van der Waals surface area contributed by atoms with Crippen molar-refractivity contribution in [3.63, 3.8) is 0 Å². The largest absolute Gasteiger partial charge is 0.481 e. The molecule has 1 aliphatic carbocycles. The van der Waals surface area contributed by atoms with Crippen molar-refractivity contribution in [3.05, 3.63) is 23.8 Å². The van der Waals surface area contributed by atoms with Gasteiger partial charge in [-0.25, -0.2) is 4.79 Å². The lowest BCUT2D eigenvalue weighted by Gasteiger charge is -2.25. The molecule has 21 heavy (non-hydrogen) atoms. The van der Waals surface area contributed by atoms with Gasteiger partial charge in [-0.1, -0.05) is 18.2 Å². The minimum atomic E-state index is -1.04. The highest BCUT2D eigenvalue weighted by atomic mass is 16.6. The predicted octanol–water partition coefficient (Wildman–Crippen LogP) is 1.71. The molecule has 0 saturated carbocycles. The lowest BCUT2D eigenvalue weighted by atomic mass is 9.81. The number of carbonyl (C=O) groups excluding carboxylic acids is 2. The molecule has 116 valence electrons. The summed E-state index contributed by atoms with van der Waals surface area (Å²) in [6.45, 7) is 6.62. The summed E-state index contributed by atoms with van der Waals surface area (Å²) in [5, 5.41) is 9.15. The first-order chi connectivity index (χ1) is 9.82. The molecule has 1 N–H and O–H groups in total. The van der Waals surface area contributed by atoms with Crippen LogP contribution < -0.4 is 0 Å². The number of esters is 2. The van der Waals surface area contributed by atoms with Crippen LogP contribution in [0.25, 0.3) is 0 Å². The first-order valence-electron chi connectivity index (χ1n) is 6.72. The fourth-order valence-corrected chi connectivity index (χ4v) is 2.08. The second-order valence-corrected chi connectivity index (χ2v) is 5.11. The SMILES string of the molecule is C=C(C)C(=O)OCCOC(=O)C1CCC(C)=CC1C(=O)O. The average Bonchev–Trinajstić information content (AvgIpc) is 2.42. The smallest absolute Gasteiger partial charge is 0.333 e. The van der Waals surface area contributed by atoms with Crippen molar-refractivity contribution in [1.29, 1.82) is 0 Å². The molecule has 6 heteroatoms. The Morgan fingerprint density at radius 1 is 1.33 bits per heavy atom. The molecule has 0 aromatic carbocycles. The van der Waals surface area contributed by atoms with E-state index in [2.05, 4.69) is 6.58 Å². The van der Waals surface area contributed by atoms with E-state index in [0.29, 0.717) is 12.8 Å². The van der Waals surface area contributed by atoms with Gasteiger partial charge >= 0.3 is 17.9 Å². The molecule has 0 radical (unpaired) electrons. The number of aliphatic carboxylic acids is 1. The molecule has 0 fully saturated rings. The third-order valence-electron chi connectivity index (χ3n) is 3.24. The lowest BCUT2D eigenvalue weighted by Crippen LogP contribution is -2.33. The van der Waals surface area contributed by atoms with Crippen molar-refractivity contribution in [3.8, 4) is 0 Å². The van der Waals surface area contributed by atoms with E-state index in [1.54, 1.807) is 6.08 Å². The molecular weight excluding hydrogens is 276 g/mol. The van der Waals surface area contributed by atoms with Gasteiger partial charge in [0.1, 0.15) is 13.2 Å². The molecule has 0 heterocycles. The number of allylic oxidation sites excluding steroid dienone is 1. The Kier molecular flexibility index (Phi) is 6.14. The van der Waals surface area contributed by atoms with Crippen molar-refractivity contribution in [2.45, 2.75) is 26.7 Å². The Bertz CT molecular complexity index is 477. The van der Waals surface area contributed by atoms with E-state index in [1.165, 1.54) is 6.92 Å². The lowest BCUT2D eigenvalue weighted by molar-refractivity contribution is -0.159. The molecule has 1 aliphatic rings. The second-order valence-electron chi connectivity index (χ2n) is 5.11. The second kappa shape index (κ2) is 7.61. The number of rotatable bonds is 6. The Morgan fingerprint density at radius 2 is 1.95 bits per heavy atom. The highest BCUT2D eigenvalue weighted by molar-refractivity contribution is 5.87. The van der Waals surface area contributed by atoms with Crippen LogP contribution in [0.3, 0.4) is 0 Å². The van der Waals surface area contributed by atoms with Crippen LogP contribution in [0.15, 0.2) is 23.8 Å². The summed E-state index contributed by atoms with van der Waals surface area (Å²) in [7, 11) is 0. The number of carboxylic acid groups (broad SMARTS) is 1. The fourth-order valence-electron chi connectivity index (χ4n) is 2.08. The number of hydrogen-bond donors (Lipinski definition) is 1. The van der Waals surface area contributed by atoms with Gasteiger partial charge in [0, 0.05) is 5.57 Å². The minimum absolute atomic E-state index is 0.0727. The van der Waals surface area contributed by atoms with Crippen LogP contribution in [0, 0.1) is 11.8 Å². The van der Waals surface area contributed by atoms with Crippen molar-refractivity contribution in [2.24, 2.45) is 11.8 Å². The molecule has 1 rings (SSSR count). The van der Waals surface area contributed by atoms with E-state index in [0.717, 1.165) is 5.57 Å². The summed E-state index contributed by atoms with van der Waals surface area (Å²) in [5.41, 5.74) is 1.22. The Balaban J connectivity index is 2.46. The molecule has 0 saturated heterocycles. The van der Waals surface area contributed by atoms with E-state index in [4.69, 9.17) is 14.6 Å². The fraction of sp³-hybridized carbons (Fsp3) is 0.533. The van der Waals surface area contributed by atoms with E-state index >= 15 is 0 Å². The van der Waals surface area contributed by atoms with Crippen molar-refractivity contribution < 1.29 is 29.0 Å². The van der Waals surface area contributed by atoms with Gasteiger partial charge in [-0.05, 0) is 26.7 Å². The zero-order valence-corrected chi connectivity index (χ0v) is 12.3. The molecule has 2 atom stereocenters. The first kappa shape index (κ1) is 16.9.